The van der Waals surface area contributed by atoms with Crippen molar-refractivity contribution in [2.24, 2.45) is 0 Å². The summed E-state index contributed by atoms with van der Waals surface area (Å²) in [6.07, 6.45) is 0.996. The number of para-hydroxylation sites is 1. The van der Waals surface area contributed by atoms with Crippen LogP contribution in [0.5, 0.6) is 5.88 Å². The lowest BCUT2D eigenvalue weighted by Crippen LogP contribution is -2.53. The van der Waals surface area contributed by atoms with Crippen LogP contribution in [-0.4, -0.2) is 60.8 Å². The number of benzene rings is 1. The van der Waals surface area contributed by atoms with E-state index in [1.165, 1.54) is 6.07 Å². The van der Waals surface area contributed by atoms with Gasteiger partial charge in [-0.3, -0.25) is 9.69 Å². The Bertz CT molecular complexity index is 1040. The van der Waals surface area contributed by atoms with E-state index in [1.807, 2.05) is 52.1 Å². The molecule has 2 amide bonds. The Morgan fingerprint density at radius 1 is 1.24 bits per heavy atom. The van der Waals surface area contributed by atoms with Gasteiger partial charge in [0, 0.05) is 24.0 Å². The molecule has 1 saturated heterocycles. The van der Waals surface area contributed by atoms with Crippen molar-refractivity contribution in [3.05, 3.63) is 47.7 Å². The van der Waals surface area contributed by atoms with Crippen LogP contribution in [0.4, 0.5) is 25.0 Å². The van der Waals surface area contributed by atoms with E-state index in [4.69, 9.17) is 0 Å². The van der Waals surface area contributed by atoms with Crippen LogP contribution in [0.3, 0.4) is 0 Å². The zero-order valence-electron chi connectivity index (χ0n) is 22.6. The maximum absolute atomic E-state index is 13.3. The van der Waals surface area contributed by atoms with Gasteiger partial charge in [0.25, 0.3) is 6.47 Å². The van der Waals surface area contributed by atoms with Crippen LogP contribution in [0.25, 0.3) is 0 Å². The van der Waals surface area contributed by atoms with Crippen molar-refractivity contribution in [1.29, 1.82) is 0 Å². The molecule has 3 rings (SSSR count). The van der Waals surface area contributed by atoms with Crippen molar-refractivity contribution in [1.82, 2.24) is 9.88 Å². The molecule has 1 aliphatic rings. The second kappa shape index (κ2) is 13.3. The minimum absolute atomic E-state index is 0.111. The first kappa shape index (κ1) is 30.0. The van der Waals surface area contributed by atoms with Gasteiger partial charge in [0.1, 0.15) is 11.3 Å². The third-order valence-corrected chi connectivity index (χ3v) is 5.77. The summed E-state index contributed by atoms with van der Waals surface area (Å²) < 4.78 is 34.7. The van der Waals surface area contributed by atoms with E-state index >= 15 is 0 Å². The lowest BCUT2D eigenvalue weighted by atomic mass is 9.99. The number of alkyl halides is 2. The second-order valence-corrected chi connectivity index (χ2v) is 10.2. The van der Waals surface area contributed by atoms with Crippen LogP contribution in [0.2, 0.25) is 0 Å². The van der Waals surface area contributed by atoms with E-state index in [0.717, 1.165) is 24.2 Å². The van der Waals surface area contributed by atoms with Gasteiger partial charge in [-0.05, 0) is 77.4 Å². The Kier molecular flexibility index (Phi) is 10.8. The second-order valence-electron chi connectivity index (χ2n) is 10.2. The highest BCUT2D eigenvalue weighted by Crippen LogP contribution is 2.31. The largest absolute Gasteiger partial charge is 0.462 e. The number of hydrogen-bond donors (Lipinski definition) is 1. The zero-order valence-corrected chi connectivity index (χ0v) is 22.6. The average molecular weight is 521 g/mol. The predicted molar refractivity (Wildman–Crippen MR) is 140 cm³/mol. The summed E-state index contributed by atoms with van der Waals surface area (Å²) in [5.41, 5.74) is 2.16. The van der Waals surface area contributed by atoms with Crippen molar-refractivity contribution >= 4 is 23.9 Å². The number of amides is 2. The van der Waals surface area contributed by atoms with Gasteiger partial charge in [-0.15, -0.1) is 0 Å². The van der Waals surface area contributed by atoms with Gasteiger partial charge in [-0.25, -0.2) is 9.78 Å². The van der Waals surface area contributed by atoms with Gasteiger partial charge in [-0.1, -0.05) is 32.0 Å². The number of nitrogens with one attached hydrogen (secondary N) is 1. The lowest BCUT2D eigenvalue weighted by Gasteiger charge is -2.41. The lowest BCUT2D eigenvalue weighted by molar-refractivity contribution is -0.138. The van der Waals surface area contributed by atoms with E-state index in [0.29, 0.717) is 18.7 Å². The van der Waals surface area contributed by atoms with Crippen LogP contribution < -0.4 is 15.0 Å². The first-order valence-electron chi connectivity index (χ1n) is 12.2. The molecule has 0 saturated carbocycles. The molecule has 1 aromatic carbocycles. The molecule has 0 spiro atoms. The van der Waals surface area contributed by atoms with Crippen LogP contribution in [0.1, 0.15) is 58.2 Å². The summed E-state index contributed by atoms with van der Waals surface area (Å²) in [5, 5.41) is 2.72. The Balaban J connectivity index is 0.000000604. The number of hydrogen-bond acceptors (Lipinski definition) is 6. The maximum atomic E-state index is 13.3. The molecule has 204 valence electrons. The number of likely N-dealkylation sites (N-methyl/N-ethyl adjacent to an activating group) is 1. The number of urea groups is 1. The fraction of sp³-hybridized carbons (Fsp3) is 0.519. The van der Waals surface area contributed by atoms with E-state index in [-0.39, 0.29) is 29.1 Å². The van der Waals surface area contributed by atoms with Crippen molar-refractivity contribution < 1.29 is 27.8 Å². The summed E-state index contributed by atoms with van der Waals surface area (Å²) >= 11 is 0. The molecule has 0 bridgehead atoms. The highest BCUT2D eigenvalue weighted by Gasteiger charge is 2.30. The molecule has 0 aliphatic carbocycles. The summed E-state index contributed by atoms with van der Waals surface area (Å²) in [4.78, 5) is 30.8. The Hall–Kier alpha value is -3.27. The summed E-state index contributed by atoms with van der Waals surface area (Å²) in [5.74, 6) is -0.0782. The van der Waals surface area contributed by atoms with E-state index in [1.54, 1.807) is 17.9 Å². The standard InChI is InChI=1S/C22H28F2N4O2.C5H10O2/c1-14(2)17-7-5-6-8-19(17)28(13-16-11-12-27(16)4)22(29)26-18-10-9-15(3)25-20(18)30-21(23)24;1-5(2,3)7-4-6/h5-10,14,16,21H,11-13H2,1-4H3,(H,26,29);4H,1-3H3. The number of aromatic nitrogens is 1. The quantitative estimate of drug-likeness (QED) is 0.442. The minimum atomic E-state index is -3.03. The molecule has 37 heavy (non-hydrogen) atoms. The van der Waals surface area contributed by atoms with E-state index in [9.17, 15) is 18.4 Å². The average Bonchev–Trinajstić information content (AvgIpc) is 2.79. The van der Waals surface area contributed by atoms with Gasteiger partial charge >= 0.3 is 12.6 Å². The van der Waals surface area contributed by atoms with Crippen molar-refractivity contribution in [2.75, 3.05) is 30.4 Å². The molecule has 1 unspecified atom stereocenters. The fourth-order valence-electron chi connectivity index (χ4n) is 3.65. The van der Waals surface area contributed by atoms with Crippen LogP contribution >= 0.6 is 0 Å². The van der Waals surface area contributed by atoms with E-state index in [2.05, 4.69) is 38.5 Å². The predicted octanol–water partition coefficient (Wildman–Crippen LogP) is 5.82. The molecule has 0 radical (unpaired) electrons. The number of carbonyl (C=O) groups is 2. The third-order valence-electron chi connectivity index (χ3n) is 5.77. The molecule has 10 heteroatoms. The molecular formula is C27H38F2N4O4. The minimum Gasteiger partial charge on any atom is -0.462 e. The van der Waals surface area contributed by atoms with Gasteiger partial charge in [-0.2, -0.15) is 8.78 Å². The number of pyridine rings is 1. The zero-order chi connectivity index (χ0) is 27.8. The molecule has 1 aliphatic heterocycles. The monoisotopic (exact) mass is 520 g/mol. The number of anilines is 2. The molecule has 1 N–H and O–H groups in total. The molecule has 2 heterocycles. The van der Waals surface area contributed by atoms with Gasteiger partial charge in [0.2, 0.25) is 5.88 Å². The SMILES string of the molecule is CC(C)(C)OC=O.Cc1ccc(NC(=O)N(CC2CCN2C)c2ccccc2C(C)C)c(OC(F)F)n1. The topological polar surface area (TPSA) is 84.0 Å². The Labute approximate surface area is 217 Å². The number of carbonyl (C=O) groups excluding carboxylic acids is 2. The number of ether oxygens (including phenoxy) is 2. The van der Waals surface area contributed by atoms with E-state index < -0.39 is 12.6 Å². The van der Waals surface area contributed by atoms with Gasteiger partial charge < -0.3 is 19.7 Å². The summed E-state index contributed by atoms with van der Waals surface area (Å²) in [6, 6.07) is 10.8. The van der Waals surface area contributed by atoms with Gasteiger partial charge in [0.05, 0.1) is 0 Å². The third kappa shape index (κ3) is 9.27. The molecular weight excluding hydrogens is 482 g/mol. The highest BCUT2D eigenvalue weighted by atomic mass is 19.3. The first-order chi connectivity index (χ1) is 17.3. The number of halogens is 2. The van der Waals surface area contributed by atoms with Crippen LogP contribution in [0, 0.1) is 6.92 Å². The fourth-order valence-corrected chi connectivity index (χ4v) is 3.65. The van der Waals surface area contributed by atoms with Crippen molar-refractivity contribution in [3.8, 4) is 5.88 Å². The molecule has 1 atom stereocenters. The number of nitrogens with zero attached hydrogens (tertiary/aromatic N) is 3. The summed E-state index contributed by atoms with van der Waals surface area (Å²) in [7, 11) is 2.02. The molecule has 2 aromatic rings. The molecule has 1 fully saturated rings. The first-order valence-corrected chi connectivity index (χ1v) is 12.2. The number of likely N-dealkylation sites (tertiary alicyclic amines) is 1. The number of rotatable bonds is 8. The van der Waals surface area contributed by atoms with Gasteiger partial charge in [0.15, 0.2) is 0 Å². The normalized spacial score (nSPS) is 15.4. The molecule has 1 aromatic heterocycles. The maximum Gasteiger partial charge on any atom is 0.388 e. The summed E-state index contributed by atoms with van der Waals surface area (Å²) in [6.45, 7) is 10.2. The van der Waals surface area contributed by atoms with Crippen LogP contribution in [-0.2, 0) is 9.53 Å². The smallest absolute Gasteiger partial charge is 0.388 e. The Morgan fingerprint density at radius 3 is 2.41 bits per heavy atom. The number of aryl methyl sites for hydroxylation is 1. The molecule has 8 nitrogen and oxygen atoms in total. The van der Waals surface area contributed by atoms with Crippen molar-refractivity contribution in [2.45, 2.75) is 72.1 Å². The van der Waals surface area contributed by atoms with Crippen molar-refractivity contribution in [3.63, 3.8) is 0 Å². The van der Waals surface area contributed by atoms with Crippen LogP contribution in [0.15, 0.2) is 36.4 Å². The highest BCUT2D eigenvalue weighted by molar-refractivity contribution is 6.03. The Morgan fingerprint density at radius 2 is 1.92 bits per heavy atom.